The third-order valence-electron chi connectivity index (χ3n) is 3.50. The maximum atomic E-state index is 4.88. The van der Waals surface area contributed by atoms with E-state index < -0.39 is 0 Å². The molecule has 0 amide bonds. The molecule has 20 heavy (non-hydrogen) atoms. The van der Waals surface area contributed by atoms with Crippen LogP contribution in [-0.2, 0) is 6.54 Å². The molecule has 0 unspecified atom stereocenters. The third-order valence-corrected chi connectivity index (χ3v) is 4.59. The molecular formula is C16H21N3S. The molecule has 0 aliphatic heterocycles. The molecule has 2 aromatic heterocycles. The van der Waals surface area contributed by atoms with Crippen molar-refractivity contribution in [2.24, 2.45) is 0 Å². The number of aryl methyl sites for hydroxylation is 1. The zero-order chi connectivity index (χ0) is 14.1. The number of thiazole rings is 1. The van der Waals surface area contributed by atoms with Crippen molar-refractivity contribution in [3.8, 4) is 10.7 Å². The van der Waals surface area contributed by atoms with Crippen LogP contribution in [0.3, 0.4) is 0 Å². The van der Waals surface area contributed by atoms with Crippen LogP contribution in [0.1, 0.15) is 48.7 Å². The molecule has 1 aliphatic rings. The Morgan fingerprint density at radius 3 is 2.85 bits per heavy atom. The lowest BCUT2D eigenvalue weighted by atomic mass is 10.2. The number of rotatable bonds is 5. The number of pyridine rings is 1. The fourth-order valence-electron chi connectivity index (χ4n) is 2.23. The Morgan fingerprint density at radius 1 is 1.40 bits per heavy atom. The van der Waals surface area contributed by atoms with Gasteiger partial charge in [-0.3, -0.25) is 4.98 Å². The number of hydrogen-bond donors (Lipinski definition) is 1. The fourth-order valence-corrected chi connectivity index (χ4v) is 3.29. The van der Waals surface area contributed by atoms with Gasteiger partial charge < -0.3 is 5.32 Å². The molecule has 0 aromatic carbocycles. The number of hydrogen-bond acceptors (Lipinski definition) is 4. The summed E-state index contributed by atoms with van der Waals surface area (Å²) in [5.74, 6) is 0.689. The Labute approximate surface area is 124 Å². The Morgan fingerprint density at radius 2 is 2.20 bits per heavy atom. The van der Waals surface area contributed by atoms with Gasteiger partial charge in [0.05, 0.1) is 11.4 Å². The molecule has 2 aromatic rings. The summed E-state index contributed by atoms with van der Waals surface area (Å²) in [6.45, 7) is 7.39. The van der Waals surface area contributed by atoms with Crippen LogP contribution in [0.25, 0.3) is 10.7 Å². The van der Waals surface area contributed by atoms with Crippen LogP contribution in [0.15, 0.2) is 18.3 Å². The Bertz CT molecular complexity index is 600. The van der Waals surface area contributed by atoms with Gasteiger partial charge in [-0.05, 0) is 37.5 Å². The topological polar surface area (TPSA) is 37.8 Å². The van der Waals surface area contributed by atoms with E-state index >= 15 is 0 Å². The summed E-state index contributed by atoms with van der Waals surface area (Å²) >= 11 is 1.80. The highest BCUT2D eigenvalue weighted by atomic mass is 32.1. The van der Waals surface area contributed by atoms with Gasteiger partial charge in [-0.2, -0.15) is 0 Å². The van der Waals surface area contributed by atoms with Crippen LogP contribution >= 0.6 is 11.3 Å². The van der Waals surface area contributed by atoms with Crippen molar-refractivity contribution in [2.45, 2.75) is 52.1 Å². The maximum absolute atomic E-state index is 4.88. The quantitative estimate of drug-likeness (QED) is 0.906. The second-order valence-corrected chi connectivity index (χ2v) is 6.94. The molecular weight excluding hydrogens is 266 g/mol. The van der Waals surface area contributed by atoms with Crippen molar-refractivity contribution >= 4 is 11.3 Å². The largest absolute Gasteiger partial charge is 0.310 e. The molecule has 1 N–H and O–H groups in total. The van der Waals surface area contributed by atoms with Gasteiger partial charge in [-0.1, -0.05) is 13.8 Å². The summed E-state index contributed by atoms with van der Waals surface area (Å²) in [6, 6.07) is 4.65. The highest BCUT2D eigenvalue weighted by Crippen LogP contribution is 2.44. The van der Waals surface area contributed by atoms with Gasteiger partial charge in [-0.25, -0.2) is 4.98 Å². The van der Waals surface area contributed by atoms with E-state index in [0.717, 1.165) is 17.2 Å². The minimum absolute atomic E-state index is 0.504. The summed E-state index contributed by atoms with van der Waals surface area (Å²) in [6.07, 6.45) is 4.45. The van der Waals surface area contributed by atoms with Crippen molar-refractivity contribution in [1.82, 2.24) is 15.3 Å². The van der Waals surface area contributed by atoms with E-state index in [1.165, 1.54) is 29.0 Å². The van der Waals surface area contributed by atoms with E-state index in [1.807, 2.05) is 12.3 Å². The van der Waals surface area contributed by atoms with Crippen LogP contribution < -0.4 is 5.32 Å². The van der Waals surface area contributed by atoms with Gasteiger partial charge >= 0.3 is 0 Å². The maximum Gasteiger partial charge on any atom is 0.142 e. The first-order valence-electron chi connectivity index (χ1n) is 7.29. The molecule has 0 atom stereocenters. The van der Waals surface area contributed by atoms with E-state index in [1.54, 1.807) is 11.3 Å². The molecule has 3 nitrogen and oxygen atoms in total. The normalized spacial score (nSPS) is 15.0. The molecule has 3 rings (SSSR count). The molecule has 0 spiro atoms. The first-order valence-corrected chi connectivity index (χ1v) is 8.11. The lowest BCUT2D eigenvalue weighted by Gasteiger charge is -2.07. The Hall–Kier alpha value is -1.26. The van der Waals surface area contributed by atoms with E-state index in [-0.39, 0.29) is 0 Å². The SMILES string of the molecule is Cc1ccnc(-c2nc(C3CC3)c(CNC(C)C)s2)c1. The van der Waals surface area contributed by atoms with Crippen molar-refractivity contribution in [3.63, 3.8) is 0 Å². The first kappa shape index (κ1) is 13.7. The summed E-state index contributed by atoms with van der Waals surface area (Å²) in [4.78, 5) is 10.7. The highest BCUT2D eigenvalue weighted by Gasteiger charge is 2.29. The number of nitrogens with zero attached hydrogens (tertiary/aromatic N) is 2. The minimum atomic E-state index is 0.504. The van der Waals surface area contributed by atoms with Crippen LogP contribution in [0.2, 0.25) is 0 Å². The van der Waals surface area contributed by atoms with Crippen LogP contribution in [-0.4, -0.2) is 16.0 Å². The molecule has 0 saturated heterocycles. The predicted molar refractivity (Wildman–Crippen MR) is 84.0 cm³/mol. The van der Waals surface area contributed by atoms with Crippen molar-refractivity contribution in [3.05, 3.63) is 34.5 Å². The van der Waals surface area contributed by atoms with E-state index in [0.29, 0.717) is 12.0 Å². The number of nitrogens with one attached hydrogen (secondary N) is 1. The Kier molecular flexibility index (Phi) is 3.85. The van der Waals surface area contributed by atoms with Gasteiger partial charge in [0.15, 0.2) is 0 Å². The van der Waals surface area contributed by atoms with Crippen LogP contribution in [0.4, 0.5) is 0 Å². The third kappa shape index (κ3) is 3.07. The molecule has 1 aliphatic carbocycles. The zero-order valence-electron chi connectivity index (χ0n) is 12.3. The molecule has 106 valence electrons. The van der Waals surface area contributed by atoms with Crippen molar-refractivity contribution in [2.75, 3.05) is 0 Å². The van der Waals surface area contributed by atoms with Crippen molar-refractivity contribution < 1.29 is 0 Å². The molecule has 4 heteroatoms. The fraction of sp³-hybridized carbons (Fsp3) is 0.500. The average Bonchev–Trinajstić information content (AvgIpc) is 3.16. The van der Waals surface area contributed by atoms with Crippen molar-refractivity contribution in [1.29, 1.82) is 0 Å². The smallest absolute Gasteiger partial charge is 0.142 e. The first-order chi connectivity index (χ1) is 9.63. The second-order valence-electron chi connectivity index (χ2n) is 5.86. The van der Waals surface area contributed by atoms with Crippen LogP contribution in [0.5, 0.6) is 0 Å². The zero-order valence-corrected chi connectivity index (χ0v) is 13.1. The van der Waals surface area contributed by atoms with E-state index in [4.69, 9.17) is 4.98 Å². The van der Waals surface area contributed by atoms with E-state index in [9.17, 15) is 0 Å². The summed E-state index contributed by atoms with van der Waals surface area (Å²) in [5.41, 5.74) is 3.55. The minimum Gasteiger partial charge on any atom is -0.310 e. The van der Waals surface area contributed by atoms with Gasteiger partial charge in [0.25, 0.3) is 0 Å². The average molecular weight is 287 g/mol. The molecule has 0 radical (unpaired) electrons. The lowest BCUT2D eigenvalue weighted by Crippen LogP contribution is -2.21. The summed E-state index contributed by atoms with van der Waals surface area (Å²) < 4.78 is 0. The second kappa shape index (κ2) is 5.62. The highest BCUT2D eigenvalue weighted by molar-refractivity contribution is 7.15. The molecule has 1 fully saturated rings. The van der Waals surface area contributed by atoms with Gasteiger partial charge in [0, 0.05) is 29.6 Å². The molecule has 1 saturated carbocycles. The standard InChI is InChI=1S/C16H21N3S/c1-10(2)18-9-14-15(12-4-5-12)19-16(20-14)13-8-11(3)6-7-17-13/h6-8,10,12,18H,4-5,9H2,1-3H3. The van der Waals surface area contributed by atoms with Gasteiger partial charge in [0.1, 0.15) is 5.01 Å². The summed E-state index contributed by atoms with van der Waals surface area (Å²) in [7, 11) is 0. The Balaban J connectivity index is 1.90. The summed E-state index contributed by atoms with van der Waals surface area (Å²) in [5, 5.41) is 4.58. The number of aromatic nitrogens is 2. The van der Waals surface area contributed by atoms with Gasteiger partial charge in [0.2, 0.25) is 0 Å². The van der Waals surface area contributed by atoms with Gasteiger partial charge in [-0.15, -0.1) is 11.3 Å². The predicted octanol–water partition coefficient (Wildman–Crippen LogP) is 3.89. The monoisotopic (exact) mass is 287 g/mol. The van der Waals surface area contributed by atoms with Crippen LogP contribution in [0, 0.1) is 6.92 Å². The molecule has 2 heterocycles. The lowest BCUT2D eigenvalue weighted by molar-refractivity contribution is 0.590. The molecule has 0 bridgehead atoms. The van der Waals surface area contributed by atoms with E-state index in [2.05, 4.69) is 37.1 Å².